The van der Waals surface area contributed by atoms with Gasteiger partial charge in [-0.3, -0.25) is 9.89 Å². The first-order valence-electron chi connectivity index (χ1n) is 7.66. The molecule has 25 heavy (non-hydrogen) atoms. The van der Waals surface area contributed by atoms with Gasteiger partial charge < -0.3 is 9.72 Å². The van der Waals surface area contributed by atoms with Gasteiger partial charge in [-0.05, 0) is 30.3 Å². The van der Waals surface area contributed by atoms with Gasteiger partial charge in [0.1, 0.15) is 5.82 Å². The highest BCUT2D eigenvalue weighted by Gasteiger charge is 2.14. The van der Waals surface area contributed by atoms with E-state index in [0.717, 1.165) is 22.4 Å². The normalized spacial score (nSPS) is 11.0. The zero-order valence-corrected chi connectivity index (χ0v) is 13.3. The molecule has 0 saturated heterocycles. The molecule has 0 aliphatic carbocycles. The number of fused-ring (bicyclic) bond motifs is 1. The number of aromatic amines is 1. The molecule has 0 saturated carbocycles. The number of hydrogen-bond acceptors (Lipinski definition) is 3. The molecule has 6 nitrogen and oxygen atoms in total. The van der Waals surface area contributed by atoms with Crippen LogP contribution in [-0.2, 0) is 4.79 Å². The van der Waals surface area contributed by atoms with Gasteiger partial charge >= 0.3 is 0 Å². The van der Waals surface area contributed by atoms with Crippen molar-refractivity contribution in [2.24, 2.45) is 0 Å². The van der Waals surface area contributed by atoms with E-state index in [9.17, 15) is 9.18 Å². The average Bonchev–Trinajstić information content (AvgIpc) is 3.24. The molecule has 0 bridgehead atoms. The van der Waals surface area contributed by atoms with Gasteiger partial charge in [-0.1, -0.05) is 0 Å². The summed E-state index contributed by atoms with van der Waals surface area (Å²) in [5, 5.41) is 9.88. The molecule has 3 heterocycles. The van der Waals surface area contributed by atoms with Gasteiger partial charge in [-0.15, -0.1) is 0 Å². The Labute approximate surface area is 142 Å². The van der Waals surface area contributed by atoms with E-state index < -0.39 is 0 Å². The number of rotatable bonds is 3. The molecular weight excluding hydrogens is 321 g/mol. The lowest BCUT2D eigenvalue weighted by Gasteiger charge is -2.09. The Morgan fingerprint density at radius 3 is 2.80 bits per heavy atom. The van der Waals surface area contributed by atoms with Gasteiger partial charge in [0.05, 0.1) is 17.6 Å². The number of amides is 1. The molecule has 1 amide bonds. The highest BCUT2D eigenvalue weighted by Crippen LogP contribution is 2.32. The lowest BCUT2D eigenvalue weighted by atomic mass is 10.0. The summed E-state index contributed by atoms with van der Waals surface area (Å²) in [6.45, 7) is 1.45. The van der Waals surface area contributed by atoms with Crippen LogP contribution in [-0.4, -0.2) is 25.5 Å². The summed E-state index contributed by atoms with van der Waals surface area (Å²) in [6.07, 6.45) is 7.09. The molecule has 0 fully saturated rings. The second kappa shape index (κ2) is 5.86. The van der Waals surface area contributed by atoms with Crippen molar-refractivity contribution in [3.05, 3.63) is 60.9 Å². The van der Waals surface area contributed by atoms with Gasteiger partial charge in [-0.25, -0.2) is 9.37 Å². The third kappa shape index (κ3) is 2.76. The van der Waals surface area contributed by atoms with Crippen molar-refractivity contribution in [1.29, 1.82) is 0 Å². The number of carbonyl (C=O) groups excluding carboxylic acids is 1. The fourth-order valence-electron chi connectivity index (χ4n) is 2.80. The van der Waals surface area contributed by atoms with Crippen LogP contribution in [0.3, 0.4) is 0 Å². The van der Waals surface area contributed by atoms with Crippen LogP contribution < -0.4 is 5.32 Å². The molecular formula is C18H14FN5O. The number of aromatic nitrogens is 4. The van der Waals surface area contributed by atoms with Crippen LogP contribution >= 0.6 is 0 Å². The maximum atomic E-state index is 13.2. The van der Waals surface area contributed by atoms with Crippen LogP contribution in [0.25, 0.3) is 28.0 Å². The SMILES string of the molecule is CC(=O)Nc1cc(-c2cn[nH]c2-c2ccc(F)cc2)cn2ccnc12. The van der Waals surface area contributed by atoms with Gasteiger partial charge in [0, 0.05) is 42.2 Å². The van der Waals surface area contributed by atoms with Crippen LogP contribution in [0.15, 0.2) is 55.1 Å². The molecule has 4 rings (SSSR count). The number of imidazole rings is 1. The lowest BCUT2D eigenvalue weighted by molar-refractivity contribution is -0.114. The summed E-state index contributed by atoms with van der Waals surface area (Å²) in [4.78, 5) is 15.8. The van der Waals surface area contributed by atoms with E-state index in [1.165, 1.54) is 19.1 Å². The summed E-state index contributed by atoms with van der Waals surface area (Å²) in [5.74, 6) is -0.467. The highest BCUT2D eigenvalue weighted by atomic mass is 19.1. The number of H-pyrrole nitrogens is 1. The number of anilines is 1. The van der Waals surface area contributed by atoms with Crippen LogP contribution in [0.5, 0.6) is 0 Å². The summed E-state index contributed by atoms with van der Waals surface area (Å²) in [5.41, 5.74) is 4.55. The monoisotopic (exact) mass is 335 g/mol. The topological polar surface area (TPSA) is 75.1 Å². The lowest BCUT2D eigenvalue weighted by Crippen LogP contribution is -2.07. The Morgan fingerprint density at radius 1 is 1.24 bits per heavy atom. The average molecular weight is 335 g/mol. The molecule has 0 aliphatic heterocycles. The smallest absolute Gasteiger partial charge is 0.221 e. The molecule has 0 spiro atoms. The van der Waals surface area contributed by atoms with E-state index in [1.807, 2.05) is 22.9 Å². The molecule has 1 aromatic carbocycles. The van der Waals surface area contributed by atoms with Crippen molar-refractivity contribution in [3.8, 4) is 22.4 Å². The Balaban J connectivity index is 1.87. The quantitative estimate of drug-likeness (QED) is 0.602. The summed E-state index contributed by atoms with van der Waals surface area (Å²) in [7, 11) is 0. The van der Waals surface area contributed by atoms with Crippen molar-refractivity contribution in [1.82, 2.24) is 19.6 Å². The number of halogens is 1. The van der Waals surface area contributed by atoms with Crippen molar-refractivity contribution >= 4 is 17.2 Å². The minimum atomic E-state index is -0.294. The van der Waals surface area contributed by atoms with Gasteiger partial charge in [-0.2, -0.15) is 5.10 Å². The predicted octanol–water partition coefficient (Wildman–Crippen LogP) is 3.49. The third-order valence-corrected chi connectivity index (χ3v) is 3.88. The Hall–Kier alpha value is -3.48. The zero-order chi connectivity index (χ0) is 17.4. The van der Waals surface area contributed by atoms with Gasteiger partial charge in [0.2, 0.25) is 5.91 Å². The van der Waals surface area contributed by atoms with Crippen LogP contribution in [0.4, 0.5) is 10.1 Å². The molecule has 0 radical (unpaired) electrons. The number of benzene rings is 1. The Morgan fingerprint density at radius 2 is 2.04 bits per heavy atom. The second-order valence-electron chi connectivity index (χ2n) is 5.65. The molecule has 7 heteroatoms. The summed E-state index contributed by atoms with van der Waals surface area (Å²) in [6, 6.07) is 8.04. The fraction of sp³-hybridized carbons (Fsp3) is 0.0556. The van der Waals surface area contributed by atoms with E-state index in [1.54, 1.807) is 24.5 Å². The number of hydrogen-bond donors (Lipinski definition) is 2. The highest BCUT2D eigenvalue weighted by molar-refractivity contribution is 5.94. The van der Waals surface area contributed by atoms with Gasteiger partial charge in [0.15, 0.2) is 5.65 Å². The fourth-order valence-corrected chi connectivity index (χ4v) is 2.80. The van der Waals surface area contributed by atoms with Crippen molar-refractivity contribution in [2.75, 3.05) is 5.32 Å². The maximum absolute atomic E-state index is 13.2. The molecule has 124 valence electrons. The Bertz CT molecular complexity index is 1060. The minimum Gasteiger partial charge on any atom is -0.323 e. The van der Waals surface area contributed by atoms with E-state index in [0.29, 0.717) is 11.3 Å². The van der Waals surface area contributed by atoms with E-state index >= 15 is 0 Å². The van der Waals surface area contributed by atoms with E-state index in [-0.39, 0.29) is 11.7 Å². The van der Waals surface area contributed by atoms with Crippen molar-refractivity contribution in [2.45, 2.75) is 6.92 Å². The van der Waals surface area contributed by atoms with E-state index in [2.05, 4.69) is 20.5 Å². The number of nitrogens with zero attached hydrogens (tertiary/aromatic N) is 3. The largest absolute Gasteiger partial charge is 0.323 e. The number of carbonyl (C=O) groups is 1. The molecule has 2 N–H and O–H groups in total. The first-order valence-corrected chi connectivity index (χ1v) is 7.66. The molecule has 4 aromatic rings. The van der Waals surface area contributed by atoms with Crippen LogP contribution in [0.2, 0.25) is 0 Å². The molecule has 3 aromatic heterocycles. The van der Waals surface area contributed by atoms with E-state index in [4.69, 9.17) is 0 Å². The molecule has 0 aliphatic rings. The zero-order valence-electron chi connectivity index (χ0n) is 13.3. The van der Waals surface area contributed by atoms with Crippen molar-refractivity contribution < 1.29 is 9.18 Å². The minimum absolute atomic E-state index is 0.173. The standard InChI is InChI=1S/C18H14FN5O/c1-11(25)22-16-8-13(10-24-7-6-20-18(16)24)15-9-21-23-17(15)12-2-4-14(19)5-3-12/h2-10H,1H3,(H,21,23)(H,22,25). The molecule has 0 unspecified atom stereocenters. The molecule has 0 atom stereocenters. The Kier molecular flexibility index (Phi) is 3.53. The number of pyridine rings is 1. The van der Waals surface area contributed by atoms with Gasteiger partial charge in [0.25, 0.3) is 0 Å². The predicted molar refractivity (Wildman–Crippen MR) is 92.5 cm³/mol. The van der Waals surface area contributed by atoms with Crippen LogP contribution in [0, 0.1) is 5.82 Å². The summed E-state index contributed by atoms with van der Waals surface area (Å²) >= 11 is 0. The van der Waals surface area contributed by atoms with Crippen molar-refractivity contribution in [3.63, 3.8) is 0 Å². The summed E-state index contributed by atoms with van der Waals surface area (Å²) < 4.78 is 15.0. The third-order valence-electron chi connectivity index (χ3n) is 3.88. The second-order valence-corrected chi connectivity index (χ2v) is 5.65. The number of nitrogens with one attached hydrogen (secondary N) is 2. The first-order chi connectivity index (χ1) is 12.1. The maximum Gasteiger partial charge on any atom is 0.221 e. The van der Waals surface area contributed by atoms with Crippen LogP contribution in [0.1, 0.15) is 6.92 Å². The first kappa shape index (κ1) is 15.1.